The minimum absolute atomic E-state index is 0.118. The van der Waals surface area contributed by atoms with Gasteiger partial charge in [-0.1, -0.05) is 6.92 Å². The highest BCUT2D eigenvalue weighted by atomic mass is 16.2. The Morgan fingerprint density at radius 2 is 2.12 bits per heavy atom. The van der Waals surface area contributed by atoms with Crippen LogP contribution in [0.4, 0.5) is 4.79 Å². The maximum Gasteiger partial charge on any atom is 0.318 e. The topological polar surface area (TPSA) is 79.3 Å². The highest BCUT2D eigenvalue weighted by Crippen LogP contribution is 2.20. The van der Waals surface area contributed by atoms with Crippen LogP contribution >= 0.6 is 0 Å². The Morgan fingerprint density at radius 1 is 1.38 bits per heavy atom. The third kappa shape index (κ3) is 4.97. The van der Waals surface area contributed by atoms with E-state index in [2.05, 4.69) is 15.7 Å². The summed E-state index contributed by atoms with van der Waals surface area (Å²) in [4.78, 5) is 26.2. The van der Waals surface area contributed by atoms with Crippen molar-refractivity contribution in [2.45, 2.75) is 52.1 Å². The first-order valence-corrected chi connectivity index (χ1v) is 8.72. The molecule has 2 heterocycles. The fourth-order valence-corrected chi connectivity index (χ4v) is 2.91. The number of rotatable bonds is 6. The second kappa shape index (κ2) is 8.17. The predicted octanol–water partition coefficient (Wildman–Crippen LogP) is 1.30. The third-order valence-corrected chi connectivity index (χ3v) is 4.59. The number of hydrogen-bond donors (Lipinski definition) is 2. The van der Waals surface area contributed by atoms with Crippen molar-refractivity contribution in [2.75, 3.05) is 13.1 Å². The quantitative estimate of drug-likeness (QED) is 0.822. The number of carbonyl (C=O) groups excluding carboxylic acids is 2. The molecule has 0 radical (unpaired) electrons. The molecule has 0 bridgehead atoms. The lowest BCUT2D eigenvalue weighted by molar-refractivity contribution is -0.123. The van der Waals surface area contributed by atoms with E-state index < -0.39 is 6.04 Å². The van der Waals surface area contributed by atoms with Gasteiger partial charge in [0.15, 0.2) is 0 Å². The van der Waals surface area contributed by atoms with Gasteiger partial charge in [-0.05, 0) is 44.6 Å². The highest BCUT2D eigenvalue weighted by molar-refractivity contribution is 5.86. The lowest BCUT2D eigenvalue weighted by Crippen LogP contribution is -2.50. The molecule has 1 aliphatic heterocycles. The summed E-state index contributed by atoms with van der Waals surface area (Å²) in [6.45, 7) is 7.15. The zero-order chi connectivity index (χ0) is 17.7. The molecule has 2 rings (SSSR count). The molecule has 2 N–H and O–H groups in total. The van der Waals surface area contributed by atoms with Crippen molar-refractivity contribution < 1.29 is 9.59 Å². The number of amides is 3. The van der Waals surface area contributed by atoms with Crippen LogP contribution in [0.3, 0.4) is 0 Å². The number of nitrogens with zero attached hydrogens (tertiary/aromatic N) is 3. The molecule has 0 aromatic carbocycles. The van der Waals surface area contributed by atoms with Gasteiger partial charge in [-0.15, -0.1) is 0 Å². The van der Waals surface area contributed by atoms with E-state index in [1.165, 1.54) is 5.56 Å². The smallest absolute Gasteiger partial charge is 0.318 e. The van der Waals surface area contributed by atoms with Gasteiger partial charge in [0.1, 0.15) is 6.04 Å². The Kier molecular flexibility index (Phi) is 6.23. The average molecular weight is 335 g/mol. The molecule has 1 aliphatic rings. The summed E-state index contributed by atoms with van der Waals surface area (Å²) in [7, 11) is 1.91. The normalized spacial score (nSPS) is 19.8. The van der Waals surface area contributed by atoms with E-state index in [0.29, 0.717) is 5.92 Å². The number of urea groups is 1. The number of hydrogen-bond acceptors (Lipinski definition) is 3. The molecule has 1 saturated heterocycles. The standard InChI is InChI=1S/C17H29N5O2/c1-5-12(2)19-16(23)13(3)20-17(24)22-7-6-14(11-22)8-15-9-18-21(4)10-15/h9-10,12-14H,5-8,11H2,1-4H3,(H,19,23)(H,20,24). The van der Waals surface area contributed by atoms with Crippen LogP contribution < -0.4 is 10.6 Å². The Bertz CT molecular complexity index is 571. The molecule has 1 aromatic heterocycles. The number of aryl methyl sites for hydroxylation is 1. The first-order valence-electron chi connectivity index (χ1n) is 8.72. The van der Waals surface area contributed by atoms with E-state index in [1.807, 2.05) is 33.3 Å². The van der Waals surface area contributed by atoms with Crippen LogP contribution in [0.25, 0.3) is 0 Å². The lowest BCUT2D eigenvalue weighted by Gasteiger charge is -2.22. The zero-order valence-electron chi connectivity index (χ0n) is 15.1. The van der Waals surface area contributed by atoms with Gasteiger partial charge < -0.3 is 15.5 Å². The van der Waals surface area contributed by atoms with Crippen molar-refractivity contribution in [3.63, 3.8) is 0 Å². The molecular formula is C17H29N5O2. The highest BCUT2D eigenvalue weighted by Gasteiger charge is 2.28. The third-order valence-electron chi connectivity index (χ3n) is 4.59. The predicted molar refractivity (Wildman–Crippen MR) is 92.5 cm³/mol. The molecule has 134 valence electrons. The number of aromatic nitrogens is 2. The number of likely N-dealkylation sites (tertiary alicyclic amines) is 1. The Balaban J connectivity index is 1.78. The molecule has 0 spiro atoms. The second-order valence-electron chi connectivity index (χ2n) is 6.82. The fraction of sp³-hybridized carbons (Fsp3) is 0.706. The van der Waals surface area contributed by atoms with Crippen molar-refractivity contribution in [1.29, 1.82) is 0 Å². The summed E-state index contributed by atoms with van der Waals surface area (Å²) in [5, 5.41) is 9.87. The van der Waals surface area contributed by atoms with Gasteiger partial charge >= 0.3 is 6.03 Å². The molecule has 3 unspecified atom stereocenters. The van der Waals surface area contributed by atoms with E-state index in [-0.39, 0.29) is 18.0 Å². The molecule has 1 fully saturated rings. The van der Waals surface area contributed by atoms with Crippen LogP contribution in [0.15, 0.2) is 12.4 Å². The van der Waals surface area contributed by atoms with Crippen LogP contribution in [0.2, 0.25) is 0 Å². The van der Waals surface area contributed by atoms with Gasteiger partial charge in [-0.2, -0.15) is 5.10 Å². The largest absolute Gasteiger partial charge is 0.352 e. The minimum Gasteiger partial charge on any atom is -0.352 e. The molecule has 7 heteroatoms. The zero-order valence-corrected chi connectivity index (χ0v) is 15.1. The second-order valence-corrected chi connectivity index (χ2v) is 6.82. The Morgan fingerprint density at radius 3 is 2.75 bits per heavy atom. The van der Waals surface area contributed by atoms with Crippen LogP contribution in [0.5, 0.6) is 0 Å². The van der Waals surface area contributed by atoms with Crippen molar-refractivity contribution in [3.05, 3.63) is 18.0 Å². The van der Waals surface area contributed by atoms with Gasteiger partial charge in [0.25, 0.3) is 0 Å². The lowest BCUT2D eigenvalue weighted by atomic mass is 10.0. The number of nitrogens with one attached hydrogen (secondary N) is 2. The van der Waals surface area contributed by atoms with Crippen molar-refractivity contribution >= 4 is 11.9 Å². The summed E-state index contributed by atoms with van der Waals surface area (Å²) >= 11 is 0. The summed E-state index contributed by atoms with van der Waals surface area (Å²) < 4.78 is 1.80. The van der Waals surface area contributed by atoms with E-state index in [9.17, 15) is 9.59 Å². The van der Waals surface area contributed by atoms with E-state index in [0.717, 1.165) is 32.4 Å². The average Bonchev–Trinajstić information content (AvgIpc) is 3.16. The van der Waals surface area contributed by atoms with Gasteiger partial charge in [-0.25, -0.2) is 4.79 Å². The van der Waals surface area contributed by atoms with E-state index in [4.69, 9.17) is 0 Å². The van der Waals surface area contributed by atoms with E-state index in [1.54, 1.807) is 16.5 Å². The molecule has 0 saturated carbocycles. The van der Waals surface area contributed by atoms with E-state index >= 15 is 0 Å². The van der Waals surface area contributed by atoms with Gasteiger partial charge in [-0.3, -0.25) is 9.48 Å². The fourth-order valence-electron chi connectivity index (χ4n) is 2.91. The van der Waals surface area contributed by atoms with Crippen molar-refractivity contribution in [1.82, 2.24) is 25.3 Å². The molecule has 1 aromatic rings. The van der Waals surface area contributed by atoms with Crippen molar-refractivity contribution in [2.24, 2.45) is 13.0 Å². The maximum atomic E-state index is 12.3. The summed E-state index contributed by atoms with van der Waals surface area (Å²) in [5.41, 5.74) is 1.20. The van der Waals surface area contributed by atoms with Crippen LogP contribution in [-0.4, -0.2) is 51.8 Å². The Hall–Kier alpha value is -2.05. The summed E-state index contributed by atoms with van der Waals surface area (Å²) in [6.07, 6.45) is 6.68. The molecule has 3 amide bonds. The first kappa shape index (κ1) is 18.3. The van der Waals surface area contributed by atoms with Crippen LogP contribution in [-0.2, 0) is 18.3 Å². The van der Waals surface area contributed by atoms with Gasteiger partial charge in [0, 0.05) is 32.4 Å². The molecule has 24 heavy (non-hydrogen) atoms. The van der Waals surface area contributed by atoms with Gasteiger partial charge in [0.2, 0.25) is 5.91 Å². The monoisotopic (exact) mass is 335 g/mol. The summed E-state index contributed by atoms with van der Waals surface area (Å²) in [5.74, 6) is 0.313. The van der Waals surface area contributed by atoms with Gasteiger partial charge in [0.05, 0.1) is 6.20 Å². The molecule has 0 aliphatic carbocycles. The molecular weight excluding hydrogens is 306 g/mol. The molecule has 3 atom stereocenters. The van der Waals surface area contributed by atoms with Crippen molar-refractivity contribution in [3.8, 4) is 0 Å². The minimum atomic E-state index is -0.524. The summed E-state index contributed by atoms with van der Waals surface area (Å²) in [6, 6.07) is -0.563. The first-order chi connectivity index (χ1) is 11.4. The molecule has 7 nitrogen and oxygen atoms in total. The maximum absolute atomic E-state index is 12.3. The SMILES string of the molecule is CCC(C)NC(=O)C(C)NC(=O)N1CCC(Cc2cnn(C)c2)C1. The van der Waals surface area contributed by atoms with Crippen LogP contribution in [0.1, 0.15) is 39.2 Å². The number of carbonyl (C=O) groups is 2. The van der Waals surface area contributed by atoms with Crippen LogP contribution in [0, 0.1) is 5.92 Å². The Labute approximate surface area is 143 Å².